The Morgan fingerprint density at radius 3 is 2.60 bits per heavy atom. The van der Waals surface area contributed by atoms with Crippen molar-refractivity contribution in [2.45, 2.75) is 44.4 Å². The molecule has 0 bridgehead atoms. The Labute approximate surface area is 177 Å². The first kappa shape index (κ1) is 20.7. The Bertz CT molecular complexity index is 1060. The molecule has 1 aromatic heterocycles. The van der Waals surface area contributed by atoms with Crippen molar-refractivity contribution in [2.24, 2.45) is 5.92 Å². The van der Waals surface area contributed by atoms with E-state index < -0.39 is 17.6 Å². The second kappa shape index (κ2) is 8.30. The first-order valence-electron chi connectivity index (χ1n) is 9.89. The molecule has 2 aromatic carbocycles. The Morgan fingerprint density at radius 1 is 1.13 bits per heavy atom. The number of alkyl halides is 3. The Morgan fingerprint density at radius 2 is 1.87 bits per heavy atom. The number of carbonyl (C=O) groups excluding carboxylic acids is 1. The summed E-state index contributed by atoms with van der Waals surface area (Å²) >= 11 is 5.97. The molecule has 30 heavy (non-hydrogen) atoms. The Kier molecular flexibility index (Phi) is 5.73. The highest BCUT2D eigenvalue weighted by atomic mass is 35.5. The number of fused-ring (bicyclic) bond motifs is 1. The van der Waals surface area contributed by atoms with Gasteiger partial charge in [-0.2, -0.15) is 18.3 Å². The number of hydrogen-bond donors (Lipinski definition) is 1. The van der Waals surface area contributed by atoms with E-state index >= 15 is 0 Å². The summed E-state index contributed by atoms with van der Waals surface area (Å²) in [6, 6.07) is 10.8. The zero-order valence-electron chi connectivity index (χ0n) is 16.1. The van der Waals surface area contributed by atoms with E-state index in [1.807, 2.05) is 35.1 Å². The summed E-state index contributed by atoms with van der Waals surface area (Å²) in [7, 11) is 0. The van der Waals surface area contributed by atoms with Gasteiger partial charge in [0.25, 0.3) is 5.91 Å². The highest BCUT2D eigenvalue weighted by Crippen LogP contribution is 2.32. The maximum absolute atomic E-state index is 12.9. The second-order valence-electron chi connectivity index (χ2n) is 7.77. The van der Waals surface area contributed by atoms with Crippen molar-refractivity contribution >= 4 is 28.4 Å². The number of nitrogens with one attached hydrogen (secondary N) is 1. The molecule has 0 aliphatic heterocycles. The van der Waals surface area contributed by atoms with E-state index in [-0.39, 0.29) is 16.6 Å². The van der Waals surface area contributed by atoms with E-state index in [2.05, 4.69) is 10.4 Å². The molecule has 0 spiro atoms. The second-order valence-corrected chi connectivity index (χ2v) is 8.18. The highest BCUT2D eigenvalue weighted by molar-refractivity contribution is 6.33. The Hall–Kier alpha value is -2.54. The number of halogens is 4. The molecule has 3 aromatic rings. The van der Waals surface area contributed by atoms with Gasteiger partial charge in [-0.15, -0.1) is 0 Å². The summed E-state index contributed by atoms with van der Waals surface area (Å²) in [5.41, 5.74) is 0.0796. The molecule has 1 heterocycles. The zero-order valence-corrected chi connectivity index (χ0v) is 16.9. The summed E-state index contributed by atoms with van der Waals surface area (Å²) in [4.78, 5) is 12.5. The number of benzene rings is 2. The van der Waals surface area contributed by atoms with Crippen LogP contribution in [0.25, 0.3) is 10.9 Å². The van der Waals surface area contributed by atoms with Crippen LogP contribution in [0, 0.1) is 5.92 Å². The normalized spacial score (nSPS) is 19.7. The number of carbonyl (C=O) groups is 1. The van der Waals surface area contributed by atoms with Gasteiger partial charge in [0.05, 0.1) is 27.9 Å². The van der Waals surface area contributed by atoms with Gasteiger partial charge in [-0.05, 0) is 55.9 Å². The van der Waals surface area contributed by atoms with E-state index in [0.29, 0.717) is 5.92 Å². The predicted molar refractivity (Wildman–Crippen MR) is 109 cm³/mol. The van der Waals surface area contributed by atoms with Crippen LogP contribution in [0.5, 0.6) is 0 Å². The largest absolute Gasteiger partial charge is 0.416 e. The van der Waals surface area contributed by atoms with Crippen LogP contribution in [0.15, 0.2) is 48.7 Å². The van der Waals surface area contributed by atoms with Crippen molar-refractivity contribution in [1.82, 2.24) is 15.1 Å². The van der Waals surface area contributed by atoms with Crippen molar-refractivity contribution in [3.05, 3.63) is 64.8 Å². The summed E-state index contributed by atoms with van der Waals surface area (Å²) in [5.74, 6) is -0.119. The van der Waals surface area contributed by atoms with E-state index in [1.54, 1.807) is 0 Å². The first-order valence-corrected chi connectivity index (χ1v) is 10.3. The van der Waals surface area contributed by atoms with Crippen LogP contribution in [0.2, 0.25) is 5.02 Å². The number of para-hydroxylation sites is 1. The predicted octanol–water partition coefficient (Wildman–Crippen LogP) is 5.70. The average Bonchev–Trinajstić information content (AvgIpc) is 3.12. The maximum Gasteiger partial charge on any atom is 0.416 e. The fraction of sp³-hybridized carbons (Fsp3) is 0.364. The monoisotopic (exact) mass is 435 g/mol. The summed E-state index contributed by atoms with van der Waals surface area (Å²) in [5, 5.41) is 8.45. The smallest absolute Gasteiger partial charge is 0.349 e. The van der Waals surface area contributed by atoms with Crippen LogP contribution in [-0.2, 0) is 12.7 Å². The van der Waals surface area contributed by atoms with Crippen LogP contribution in [0.3, 0.4) is 0 Å². The number of aromatic nitrogens is 2. The zero-order chi connectivity index (χ0) is 21.3. The van der Waals surface area contributed by atoms with E-state index in [0.717, 1.165) is 61.3 Å². The van der Waals surface area contributed by atoms with Crippen LogP contribution in [0.4, 0.5) is 13.2 Å². The third-order valence-electron chi connectivity index (χ3n) is 5.70. The number of nitrogens with zero attached hydrogens (tertiary/aromatic N) is 2. The molecule has 1 N–H and O–H groups in total. The highest BCUT2D eigenvalue weighted by Gasteiger charge is 2.32. The molecular weight excluding hydrogens is 415 g/mol. The molecule has 1 saturated carbocycles. The van der Waals surface area contributed by atoms with Gasteiger partial charge in [0, 0.05) is 18.0 Å². The molecule has 8 heteroatoms. The van der Waals surface area contributed by atoms with E-state index in [4.69, 9.17) is 11.6 Å². The molecule has 1 fully saturated rings. The lowest BCUT2D eigenvalue weighted by atomic mass is 9.86. The fourth-order valence-corrected chi connectivity index (χ4v) is 4.25. The summed E-state index contributed by atoms with van der Waals surface area (Å²) in [6.07, 6.45) is 0.706. The quantitative estimate of drug-likeness (QED) is 0.571. The van der Waals surface area contributed by atoms with E-state index in [1.165, 1.54) is 0 Å². The first-order chi connectivity index (χ1) is 14.3. The molecule has 0 saturated heterocycles. The molecule has 0 radical (unpaired) electrons. The molecule has 4 nitrogen and oxygen atoms in total. The van der Waals surface area contributed by atoms with Crippen LogP contribution >= 0.6 is 11.6 Å². The lowest BCUT2D eigenvalue weighted by molar-refractivity contribution is -0.137. The van der Waals surface area contributed by atoms with Gasteiger partial charge in [0.2, 0.25) is 0 Å². The maximum atomic E-state index is 12.9. The van der Waals surface area contributed by atoms with Crippen LogP contribution in [0.1, 0.15) is 41.6 Å². The molecule has 158 valence electrons. The molecule has 1 amide bonds. The number of hydrogen-bond acceptors (Lipinski definition) is 2. The number of amides is 1. The van der Waals surface area contributed by atoms with Crippen molar-refractivity contribution in [2.75, 3.05) is 0 Å². The van der Waals surface area contributed by atoms with Gasteiger partial charge in [-0.1, -0.05) is 29.8 Å². The molecule has 1 aliphatic carbocycles. The molecule has 4 rings (SSSR count). The minimum atomic E-state index is -4.52. The fourth-order valence-electron chi connectivity index (χ4n) is 4.04. The van der Waals surface area contributed by atoms with Crippen LogP contribution < -0.4 is 5.32 Å². The average molecular weight is 436 g/mol. The van der Waals surface area contributed by atoms with Gasteiger partial charge in [-0.25, -0.2) is 0 Å². The van der Waals surface area contributed by atoms with Crippen molar-refractivity contribution in [3.8, 4) is 0 Å². The lowest BCUT2D eigenvalue weighted by Gasteiger charge is -2.29. The summed E-state index contributed by atoms with van der Waals surface area (Å²) in [6.45, 7) is 0.813. The SMILES string of the molecule is O=C(NC1CCC(Cn2ncc3ccccc32)CC1)c1cc(C(F)(F)F)ccc1Cl. The van der Waals surface area contributed by atoms with Crippen LogP contribution in [-0.4, -0.2) is 21.7 Å². The lowest BCUT2D eigenvalue weighted by Crippen LogP contribution is -2.38. The molecule has 1 aliphatic rings. The minimum absolute atomic E-state index is 0.0137. The molecule has 0 atom stereocenters. The topological polar surface area (TPSA) is 46.9 Å². The van der Waals surface area contributed by atoms with Gasteiger partial charge < -0.3 is 5.32 Å². The number of rotatable bonds is 4. The third-order valence-corrected chi connectivity index (χ3v) is 6.03. The van der Waals surface area contributed by atoms with Gasteiger partial charge in [0.15, 0.2) is 0 Å². The van der Waals surface area contributed by atoms with Crippen molar-refractivity contribution in [1.29, 1.82) is 0 Å². The van der Waals surface area contributed by atoms with Gasteiger partial charge in [-0.3, -0.25) is 9.48 Å². The summed E-state index contributed by atoms with van der Waals surface area (Å²) < 4.78 is 40.8. The molecule has 0 unspecified atom stereocenters. The van der Waals surface area contributed by atoms with Gasteiger partial charge >= 0.3 is 6.18 Å². The minimum Gasteiger partial charge on any atom is -0.349 e. The Balaban J connectivity index is 1.35. The molecular formula is C22H21ClF3N3O. The van der Waals surface area contributed by atoms with E-state index in [9.17, 15) is 18.0 Å². The van der Waals surface area contributed by atoms with Gasteiger partial charge in [0.1, 0.15) is 0 Å². The third kappa shape index (κ3) is 4.46. The van der Waals surface area contributed by atoms with Crippen molar-refractivity contribution < 1.29 is 18.0 Å². The standard InChI is InChI=1S/C22H21ClF3N3O/c23-19-10-7-16(22(24,25)26)11-18(19)21(30)28-17-8-5-14(6-9-17)13-29-20-4-2-1-3-15(20)12-27-29/h1-4,7,10-12,14,17H,5-6,8-9,13H2,(H,28,30). The van der Waals surface area contributed by atoms with Crippen molar-refractivity contribution in [3.63, 3.8) is 0 Å².